The number of hydrogen-bond donors (Lipinski definition) is 2. The molecule has 0 aliphatic rings. The summed E-state index contributed by atoms with van der Waals surface area (Å²) in [5.74, 6) is 0.864. The fourth-order valence-corrected chi connectivity index (χ4v) is 2.00. The molecular weight excluding hydrogens is 236 g/mol. The van der Waals surface area contributed by atoms with Gasteiger partial charge in [0, 0.05) is 4.75 Å². The standard InChI is InChI=1S/C11H18N4OS/c1-6-8(10(13)16)9(12)15-7(14-6)5-17-11(2,3)4/h5H2,1-4H3,(H2,13,16)(H2,12,14,15). The van der Waals surface area contributed by atoms with Gasteiger partial charge in [0.15, 0.2) is 0 Å². The molecule has 0 bridgehead atoms. The van der Waals surface area contributed by atoms with Gasteiger partial charge in [-0.15, -0.1) is 11.8 Å². The first-order valence-electron chi connectivity index (χ1n) is 5.27. The van der Waals surface area contributed by atoms with E-state index in [1.165, 1.54) is 0 Å². The van der Waals surface area contributed by atoms with Crippen LogP contribution in [0.15, 0.2) is 0 Å². The van der Waals surface area contributed by atoms with E-state index in [9.17, 15) is 4.79 Å². The van der Waals surface area contributed by atoms with Crippen LogP contribution in [0, 0.1) is 6.92 Å². The molecule has 0 aliphatic carbocycles. The maximum Gasteiger partial charge on any atom is 0.254 e. The van der Waals surface area contributed by atoms with Gasteiger partial charge < -0.3 is 11.5 Å². The summed E-state index contributed by atoms with van der Waals surface area (Å²) in [7, 11) is 0. The number of amides is 1. The lowest BCUT2D eigenvalue weighted by Crippen LogP contribution is -2.18. The van der Waals surface area contributed by atoms with E-state index in [1.54, 1.807) is 18.7 Å². The van der Waals surface area contributed by atoms with Crippen molar-refractivity contribution >= 4 is 23.5 Å². The molecule has 1 aromatic heterocycles. The summed E-state index contributed by atoms with van der Waals surface area (Å²) in [6.45, 7) is 8.06. The summed E-state index contributed by atoms with van der Waals surface area (Å²) in [6, 6.07) is 0. The lowest BCUT2D eigenvalue weighted by Gasteiger charge is -2.17. The van der Waals surface area contributed by atoms with Crippen molar-refractivity contribution in [1.82, 2.24) is 9.97 Å². The molecule has 94 valence electrons. The predicted octanol–water partition coefficient (Wildman–Crippen LogP) is 1.50. The van der Waals surface area contributed by atoms with Crippen molar-refractivity contribution in [2.45, 2.75) is 38.2 Å². The number of primary amides is 1. The molecule has 1 aromatic rings. The Morgan fingerprint density at radius 2 is 1.94 bits per heavy atom. The Morgan fingerprint density at radius 3 is 2.35 bits per heavy atom. The van der Waals surface area contributed by atoms with Crippen molar-refractivity contribution in [3.05, 3.63) is 17.1 Å². The second kappa shape index (κ2) is 4.91. The number of anilines is 1. The highest BCUT2D eigenvalue weighted by atomic mass is 32.2. The van der Waals surface area contributed by atoms with Crippen molar-refractivity contribution in [2.75, 3.05) is 5.73 Å². The maximum atomic E-state index is 11.1. The van der Waals surface area contributed by atoms with Gasteiger partial charge in [-0.1, -0.05) is 20.8 Å². The predicted molar refractivity (Wildman–Crippen MR) is 70.7 cm³/mol. The van der Waals surface area contributed by atoms with Crippen LogP contribution in [0.2, 0.25) is 0 Å². The van der Waals surface area contributed by atoms with Gasteiger partial charge in [0.25, 0.3) is 5.91 Å². The van der Waals surface area contributed by atoms with Gasteiger partial charge in [-0.2, -0.15) is 0 Å². The van der Waals surface area contributed by atoms with E-state index in [4.69, 9.17) is 11.5 Å². The number of rotatable bonds is 3. The minimum absolute atomic E-state index is 0.133. The lowest BCUT2D eigenvalue weighted by atomic mass is 10.2. The molecule has 17 heavy (non-hydrogen) atoms. The number of carbonyl (C=O) groups is 1. The molecule has 1 rings (SSSR count). The summed E-state index contributed by atoms with van der Waals surface area (Å²) < 4.78 is 0.133. The molecule has 0 spiro atoms. The minimum Gasteiger partial charge on any atom is -0.383 e. The lowest BCUT2D eigenvalue weighted by molar-refractivity contribution is 0.1000. The highest BCUT2D eigenvalue weighted by Crippen LogP contribution is 2.26. The number of thioether (sulfide) groups is 1. The first-order chi connectivity index (χ1) is 7.70. The molecule has 5 nitrogen and oxygen atoms in total. The third-order valence-corrected chi connectivity index (χ3v) is 3.31. The Balaban J connectivity index is 2.95. The highest BCUT2D eigenvalue weighted by molar-refractivity contribution is 7.99. The van der Waals surface area contributed by atoms with E-state index < -0.39 is 5.91 Å². The Bertz CT molecular complexity index is 417. The van der Waals surface area contributed by atoms with Gasteiger partial charge in [-0.25, -0.2) is 9.97 Å². The Morgan fingerprint density at radius 1 is 1.35 bits per heavy atom. The van der Waals surface area contributed by atoms with Crippen molar-refractivity contribution in [3.63, 3.8) is 0 Å². The fourth-order valence-electron chi connectivity index (χ4n) is 1.30. The van der Waals surface area contributed by atoms with E-state index in [2.05, 4.69) is 30.7 Å². The van der Waals surface area contributed by atoms with Crippen LogP contribution in [0.5, 0.6) is 0 Å². The SMILES string of the molecule is Cc1nc(CSC(C)(C)C)nc(N)c1C(N)=O. The van der Waals surface area contributed by atoms with Gasteiger partial charge in [0.05, 0.1) is 11.4 Å². The molecular formula is C11H18N4OS. The average molecular weight is 254 g/mol. The normalized spacial score (nSPS) is 11.5. The number of carbonyl (C=O) groups excluding carboxylic acids is 1. The van der Waals surface area contributed by atoms with E-state index in [-0.39, 0.29) is 16.1 Å². The van der Waals surface area contributed by atoms with E-state index in [1.807, 2.05) is 0 Å². The van der Waals surface area contributed by atoms with E-state index in [0.29, 0.717) is 17.3 Å². The number of nitrogens with two attached hydrogens (primary N) is 2. The van der Waals surface area contributed by atoms with Gasteiger partial charge in [0.2, 0.25) is 0 Å². The topological polar surface area (TPSA) is 94.9 Å². The molecule has 1 amide bonds. The molecule has 1 heterocycles. The van der Waals surface area contributed by atoms with Gasteiger partial charge in [-0.3, -0.25) is 4.79 Å². The molecule has 4 N–H and O–H groups in total. The zero-order valence-electron chi connectivity index (χ0n) is 10.6. The summed E-state index contributed by atoms with van der Waals surface area (Å²) in [4.78, 5) is 19.5. The minimum atomic E-state index is -0.588. The molecule has 0 atom stereocenters. The average Bonchev–Trinajstić information content (AvgIpc) is 2.11. The molecule has 0 aromatic carbocycles. The summed E-state index contributed by atoms with van der Waals surface area (Å²) in [5.41, 5.74) is 11.7. The van der Waals surface area contributed by atoms with Crippen LogP contribution in [-0.2, 0) is 5.75 Å². The monoisotopic (exact) mass is 254 g/mol. The zero-order valence-corrected chi connectivity index (χ0v) is 11.4. The molecule has 0 saturated heterocycles. The van der Waals surface area contributed by atoms with Crippen LogP contribution in [0.25, 0.3) is 0 Å². The first-order valence-corrected chi connectivity index (χ1v) is 6.26. The van der Waals surface area contributed by atoms with E-state index >= 15 is 0 Å². The van der Waals surface area contributed by atoms with Crippen LogP contribution in [0.3, 0.4) is 0 Å². The van der Waals surface area contributed by atoms with Crippen LogP contribution >= 0.6 is 11.8 Å². The van der Waals surface area contributed by atoms with Gasteiger partial charge >= 0.3 is 0 Å². The first kappa shape index (κ1) is 13.8. The van der Waals surface area contributed by atoms with Crippen molar-refractivity contribution in [2.24, 2.45) is 5.73 Å². The second-order valence-electron chi connectivity index (χ2n) is 4.75. The number of aromatic nitrogens is 2. The van der Waals surface area contributed by atoms with Crippen LogP contribution in [0.4, 0.5) is 5.82 Å². The van der Waals surface area contributed by atoms with Crippen molar-refractivity contribution in [3.8, 4) is 0 Å². The Kier molecular flexibility index (Phi) is 3.98. The summed E-state index contributed by atoms with van der Waals surface area (Å²) in [5, 5.41) is 0. The second-order valence-corrected chi connectivity index (χ2v) is 6.55. The molecule has 0 fully saturated rings. The van der Waals surface area contributed by atoms with Gasteiger partial charge in [-0.05, 0) is 6.92 Å². The van der Waals surface area contributed by atoms with E-state index in [0.717, 1.165) is 0 Å². The molecule has 0 radical (unpaired) electrons. The number of nitrogen functional groups attached to an aromatic ring is 1. The third kappa shape index (κ3) is 3.89. The molecule has 0 saturated carbocycles. The molecule has 0 aliphatic heterocycles. The molecule has 6 heteroatoms. The number of nitrogens with zero attached hydrogens (tertiary/aromatic N) is 2. The number of aryl methyl sites for hydroxylation is 1. The maximum absolute atomic E-state index is 11.1. The van der Waals surface area contributed by atoms with Crippen LogP contribution in [0.1, 0.15) is 42.6 Å². The van der Waals surface area contributed by atoms with Crippen molar-refractivity contribution in [1.29, 1.82) is 0 Å². The Labute approximate surface area is 105 Å². The largest absolute Gasteiger partial charge is 0.383 e. The number of hydrogen-bond acceptors (Lipinski definition) is 5. The Hall–Kier alpha value is -1.30. The smallest absolute Gasteiger partial charge is 0.254 e. The quantitative estimate of drug-likeness (QED) is 0.852. The van der Waals surface area contributed by atoms with Gasteiger partial charge in [0.1, 0.15) is 17.2 Å². The zero-order chi connectivity index (χ0) is 13.2. The van der Waals surface area contributed by atoms with Crippen molar-refractivity contribution < 1.29 is 4.79 Å². The van der Waals surface area contributed by atoms with Crippen LogP contribution in [-0.4, -0.2) is 20.6 Å². The molecule has 0 unspecified atom stereocenters. The summed E-state index contributed by atoms with van der Waals surface area (Å²) >= 11 is 1.72. The summed E-state index contributed by atoms with van der Waals surface area (Å²) in [6.07, 6.45) is 0. The van der Waals surface area contributed by atoms with Crippen LogP contribution < -0.4 is 11.5 Å². The fraction of sp³-hybridized carbons (Fsp3) is 0.545. The third-order valence-electron chi connectivity index (χ3n) is 2.04. The highest BCUT2D eigenvalue weighted by Gasteiger charge is 2.16.